The number of hydrogen-bond acceptors (Lipinski definition) is 8. The van der Waals surface area contributed by atoms with Crippen LogP contribution in [0.3, 0.4) is 0 Å². The van der Waals surface area contributed by atoms with Gasteiger partial charge in [-0.1, -0.05) is 40.5 Å². The molecule has 2 aromatic rings. The molecule has 2 fully saturated rings. The lowest BCUT2D eigenvalue weighted by molar-refractivity contribution is -0.158. The monoisotopic (exact) mass is 555 g/mol. The molecule has 1 saturated carbocycles. The normalized spacial score (nSPS) is 31.9. The van der Waals surface area contributed by atoms with Crippen molar-refractivity contribution in [2.45, 2.75) is 104 Å². The Bertz CT molecular complexity index is 1340. The largest absolute Gasteiger partial charge is 0.459 e. The summed E-state index contributed by atoms with van der Waals surface area (Å²) in [7, 11) is 0. The van der Waals surface area contributed by atoms with Crippen LogP contribution in [0, 0.1) is 23.2 Å². The quantitative estimate of drug-likeness (QED) is 0.409. The molecule has 0 unspecified atom stereocenters. The van der Waals surface area contributed by atoms with Gasteiger partial charge in [0.05, 0.1) is 31.1 Å². The average Bonchev–Trinajstić information content (AvgIpc) is 3.21. The molecule has 218 valence electrons. The van der Waals surface area contributed by atoms with Crippen LogP contribution < -0.4 is 10.4 Å². The molecule has 1 saturated heterocycles. The molecule has 1 amide bonds. The number of fused-ring (bicyclic) bond motifs is 5. The number of esters is 1. The first kappa shape index (κ1) is 28.3. The summed E-state index contributed by atoms with van der Waals surface area (Å²) < 4.78 is 15.1. The zero-order valence-corrected chi connectivity index (χ0v) is 24.2. The first-order valence-corrected chi connectivity index (χ1v) is 14.6. The van der Waals surface area contributed by atoms with Crippen molar-refractivity contribution in [1.82, 2.24) is 24.1 Å². The minimum absolute atomic E-state index is 0.0476. The maximum absolute atomic E-state index is 14.1. The van der Waals surface area contributed by atoms with Gasteiger partial charge >= 0.3 is 17.7 Å². The molecule has 2 aliphatic heterocycles. The van der Waals surface area contributed by atoms with E-state index in [-0.39, 0.29) is 48.4 Å². The van der Waals surface area contributed by atoms with Crippen LogP contribution in [0.1, 0.15) is 79.6 Å². The fourth-order valence-corrected chi connectivity index (χ4v) is 6.47. The third-order valence-corrected chi connectivity index (χ3v) is 9.13. The predicted octanol–water partition coefficient (Wildman–Crippen LogP) is 3.02. The molecular weight excluding hydrogens is 514 g/mol. The van der Waals surface area contributed by atoms with Gasteiger partial charge in [0.25, 0.3) is 0 Å². The summed E-state index contributed by atoms with van der Waals surface area (Å²) in [5, 5.41) is 4.12. The standard InChI is InChI=1S/C29H41N5O6/c1-6-19-21(17-35)33-16-22(19)39-26-31-23-11-12-30-34(23)27(38)32(26)13-9-7-8-10-18-15-29(18,5)40-24(36)14-20(25(33)37)28(2,3)4/h11-12,17-22H,6-10,13-16H2,1-5H3/t18-,19+,20-,21-,22+,29-/m1/s1. The third-order valence-electron chi connectivity index (χ3n) is 9.13. The second-order valence-corrected chi connectivity index (χ2v) is 12.9. The van der Waals surface area contributed by atoms with Gasteiger partial charge in [0.15, 0.2) is 5.65 Å². The van der Waals surface area contributed by atoms with Gasteiger partial charge in [-0.25, -0.2) is 9.36 Å². The minimum atomic E-state index is -0.713. The highest BCUT2D eigenvalue weighted by molar-refractivity contribution is 5.87. The van der Waals surface area contributed by atoms with Gasteiger partial charge < -0.3 is 19.2 Å². The Morgan fingerprint density at radius 1 is 1.18 bits per heavy atom. The van der Waals surface area contributed by atoms with Gasteiger partial charge in [-0.2, -0.15) is 14.6 Å². The Morgan fingerprint density at radius 2 is 1.95 bits per heavy atom. The molecule has 4 heterocycles. The van der Waals surface area contributed by atoms with Crippen LogP contribution in [-0.2, 0) is 25.7 Å². The van der Waals surface area contributed by atoms with Gasteiger partial charge in [-0.15, -0.1) is 0 Å². The van der Waals surface area contributed by atoms with E-state index in [2.05, 4.69) is 10.1 Å². The number of hydrogen-bond donors (Lipinski definition) is 0. The molecule has 1 aliphatic carbocycles. The van der Waals surface area contributed by atoms with Crippen molar-refractivity contribution < 1.29 is 23.9 Å². The molecule has 0 radical (unpaired) electrons. The number of aromatic nitrogens is 4. The summed E-state index contributed by atoms with van der Waals surface area (Å²) in [4.78, 5) is 59.1. The molecule has 0 aromatic carbocycles. The van der Waals surface area contributed by atoms with Gasteiger partial charge in [0, 0.05) is 24.4 Å². The average molecular weight is 556 g/mol. The molecule has 40 heavy (non-hydrogen) atoms. The lowest BCUT2D eigenvalue weighted by Crippen LogP contribution is -2.46. The maximum atomic E-state index is 14.1. The summed E-state index contributed by atoms with van der Waals surface area (Å²) in [6.07, 6.45) is 6.62. The minimum Gasteiger partial charge on any atom is -0.459 e. The highest BCUT2D eigenvalue weighted by atomic mass is 16.6. The summed E-state index contributed by atoms with van der Waals surface area (Å²) in [5.41, 5.74) is -0.995. The van der Waals surface area contributed by atoms with E-state index < -0.39 is 29.1 Å². The third kappa shape index (κ3) is 5.26. The molecule has 6 atom stereocenters. The van der Waals surface area contributed by atoms with E-state index in [0.717, 1.165) is 38.4 Å². The number of ether oxygens (including phenoxy) is 2. The highest BCUT2D eigenvalue weighted by Crippen LogP contribution is 2.50. The first-order valence-electron chi connectivity index (χ1n) is 14.6. The molecule has 2 aromatic heterocycles. The zero-order valence-electron chi connectivity index (χ0n) is 24.2. The van der Waals surface area contributed by atoms with E-state index in [0.29, 0.717) is 18.6 Å². The Labute approximate surface area is 234 Å². The van der Waals surface area contributed by atoms with E-state index in [4.69, 9.17) is 9.47 Å². The molecule has 0 N–H and O–H groups in total. The fraction of sp³-hybridized carbons (Fsp3) is 0.724. The Morgan fingerprint density at radius 3 is 2.65 bits per heavy atom. The lowest BCUT2D eigenvalue weighted by Gasteiger charge is -2.34. The van der Waals surface area contributed by atoms with Crippen LogP contribution >= 0.6 is 0 Å². The molecule has 3 aliphatic rings. The van der Waals surface area contributed by atoms with Crippen LogP contribution in [0.25, 0.3) is 5.65 Å². The van der Waals surface area contributed by atoms with Crippen LogP contribution in [0.5, 0.6) is 6.01 Å². The van der Waals surface area contributed by atoms with Gasteiger partial charge in [-0.05, 0) is 38.0 Å². The molecule has 2 bridgehead atoms. The number of rotatable bonds is 2. The number of carbonyl (C=O) groups excluding carboxylic acids is 3. The molecule has 11 heteroatoms. The Balaban J connectivity index is 1.53. The molecule has 0 spiro atoms. The van der Waals surface area contributed by atoms with Crippen molar-refractivity contribution in [1.29, 1.82) is 0 Å². The van der Waals surface area contributed by atoms with Crippen LogP contribution in [0.2, 0.25) is 0 Å². The number of amides is 1. The topological polar surface area (TPSA) is 125 Å². The van der Waals surface area contributed by atoms with Crippen molar-refractivity contribution in [3.8, 4) is 6.01 Å². The SMILES string of the molecule is CC[C@@H]1[C@@H]2CN(C(=O)[C@H](C(C)(C)C)CC(=O)O[C@]3(C)C[C@H]3CCCCCn3c(nc4ccnn4c3=O)O2)[C@@H]1C=O. The number of nitrogens with zero attached hydrogens (tertiary/aromatic N) is 5. The molecule has 11 nitrogen and oxygen atoms in total. The molecular formula is C29H41N5O6. The number of aldehydes is 1. The second-order valence-electron chi connectivity index (χ2n) is 12.9. The molecule has 5 rings (SSSR count). The van der Waals surface area contributed by atoms with Crippen LogP contribution in [0.4, 0.5) is 0 Å². The van der Waals surface area contributed by atoms with Crippen LogP contribution in [-0.4, -0.2) is 66.5 Å². The van der Waals surface area contributed by atoms with E-state index in [9.17, 15) is 19.2 Å². The Kier molecular flexibility index (Phi) is 7.52. The number of carbonyl (C=O) groups is 3. The van der Waals surface area contributed by atoms with E-state index in [1.165, 1.54) is 15.3 Å². The van der Waals surface area contributed by atoms with Crippen molar-refractivity contribution in [3.63, 3.8) is 0 Å². The first-order chi connectivity index (χ1) is 19.0. The summed E-state index contributed by atoms with van der Waals surface area (Å²) >= 11 is 0. The van der Waals surface area contributed by atoms with Crippen molar-refractivity contribution >= 4 is 23.8 Å². The lowest BCUT2D eigenvalue weighted by atomic mass is 9.77. The van der Waals surface area contributed by atoms with E-state index in [1.807, 2.05) is 34.6 Å². The van der Waals surface area contributed by atoms with Gasteiger partial charge in [-0.3, -0.25) is 9.59 Å². The van der Waals surface area contributed by atoms with E-state index in [1.54, 1.807) is 11.0 Å². The van der Waals surface area contributed by atoms with Crippen LogP contribution in [0.15, 0.2) is 17.1 Å². The maximum Gasteiger partial charge on any atom is 0.354 e. The zero-order chi connectivity index (χ0) is 28.8. The van der Waals surface area contributed by atoms with Crippen molar-refractivity contribution in [3.05, 3.63) is 22.7 Å². The summed E-state index contributed by atoms with van der Waals surface area (Å²) in [6.45, 7) is 10.3. The summed E-state index contributed by atoms with van der Waals surface area (Å²) in [6, 6.07) is 1.11. The van der Waals surface area contributed by atoms with Gasteiger partial charge in [0.1, 0.15) is 18.0 Å². The second kappa shape index (κ2) is 10.6. The highest BCUT2D eigenvalue weighted by Gasteiger charge is 2.54. The van der Waals surface area contributed by atoms with Crippen molar-refractivity contribution in [2.75, 3.05) is 6.54 Å². The van der Waals surface area contributed by atoms with Crippen molar-refractivity contribution in [2.24, 2.45) is 23.2 Å². The summed E-state index contributed by atoms with van der Waals surface area (Å²) in [5.74, 6) is -1.32. The van der Waals surface area contributed by atoms with Gasteiger partial charge in [0.2, 0.25) is 5.91 Å². The Hall–Kier alpha value is -3.24. The smallest absolute Gasteiger partial charge is 0.354 e. The predicted molar refractivity (Wildman–Crippen MR) is 146 cm³/mol. The van der Waals surface area contributed by atoms with E-state index >= 15 is 0 Å². The fourth-order valence-electron chi connectivity index (χ4n) is 6.47.